The Kier molecular flexibility index (Phi) is 7.51. The Morgan fingerprint density at radius 1 is 1.25 bits per heavy atom. The zero-order chi connectivity index (χ0) is 18.3. The number of rotatable bonds is 6. The molecule has 1 aliphatic rings. The van der Waals surface area contributed by atoms with Crippen molar-refractivity contribution in [1.82, 2.24) is 20.9 Å². The van der Waals surface area contributed by atoms with E-state index in [1.54, 1.807) is 20.8 Å². The zero-order valence-corrected chi connectivity index (χ0v) is 15.6. The van der Waals surface area contributed by atoms with Crippen molar-refractivity contribution in [3.05, 3.63) is 0 Å². The van der Waals surface area contributed by atoms with Crippen molar-refractivity contribution in [3.63, 3.8) is 0 Å². The Morgan fingerprint density at radius 2 is 1.92 bits per heavy atom. The summed E-state index contributed by atoms with van der Waals surface area (Å²) in [4.78, 5) is 38.6. The van der Waals surface area contributed by atoms with Gasteiger partial charge in [-0.1, -0.05) is 6.92 Å². The quantitative estimate of drug-likeness (QED) is 0.682. The molecule has 138 valence electrons. The number of urea groups is 1. The molecule has 1 heterocycles. The van der Waals surface area contributed by atoms with Crippen LogP contribution in [0.5, 0.6) is 0 Å². The Morgan fingerprint density at radius 3 is 2.50 bits per heavy atom. The van der Waals surface area contributed by atoms with Crippen molar-refractivity contribution in [2.24, 2.45) is 0 Å². The third-order valence-electron chi connectivity index (χ3n) is 4.33. The average molecular weight is 340 g/mol. The lowest BCUT2D eigenvalue weighted by molar-refractivity contribution is -0.139. The van der Waals surface area contributed by atoms with Crippen LogP contribution in [0, 0.1) is 0 Å². The molecule has 7 nitrogen and oxygen atoms in total. The van der Waals surface area contributed by atoms with Gasteiger partial charge in [0.05, 0.1) is 0 Å². The van der Waals surface area contributed by atoms with E-state index in [1.807, 2.05) is 18.7 Å². The summed E-state index contributed by atoms with van der Waals surface area (Å²) in [7, 11) is 0. The first-order valence-electron chi connectivity index (χ1n) is 8.86. The first kappa shape index (κ1) is 20.3. The molecule has 0 spiro atoms. The van der Waals surface area contributed by atoms with E-state index in [1.165, 1.54) is 0 Å². The van der Waals surface area contributed by atoms with Crippen LogP contribution in [0.15, 0.2) is 0 Å². The lowest BCUT2D eigenvalue weighted by Gasteiger charge is -2.36. The van der Waals surface area contributed by atoms with Crippen LogP contribution in [-0.4, -0.2) is 53.5 Å². The number of nitrogens with one attached hydrogen (secondary N) is 3. The molecule has 7 heteroatoms. The highest BCUT2D eigenvalue weighted by Crippen LogP contribution is 2.17. The number of amides is 4. The van der Waals surface area contributed by atoms with Gasteiger partial charge in [0.15, 0.2) is 0 Å². The third kappa shape index (κ3) is 5.69. The highest BCUT2D eigenvalue weighted by Gasteiger charge is 2.33. The van der Waals surface area contributed by atoms with Gasteiger partial charge in [0.2, 0.25) is 11.8 Å². The normalized spacial score (nSPS) is 19.4. The lowest BCUT2D eigenvalue weighted by Crippen LogP contribution is -2.60. The SMILES string of the molecule is CCCNC(=O)NC(C)(C)C(=O)N[C@H](C)C(=O)N1CCCC[C@H]1C. The van der Waals surface area contributed by atoms with Gasteiger partial charge in [-0.05, 0) is 53.4 Å². The van der Waals surface area contributed by atoms with Gasteiger partial charge in [0.25, 0.3) is 0 Å². The van der Waals surface area contributed by atoms with Crippen molar-refractivity contribution >= 4 is 17.8 Å². The van der Waals surface area contributed by atoms with Crippen LogP contribution < -0.4 is 16.0 Å². The Labute approximate surface area is 144 Å². The van der Waals surface area contributed by atoms with Crippen LogP contribution >= 0.6 is 0 Å². The Balaban J connectivity index is 2.57. The number of carbonyl (C=O) groups is 3. The molecule has 0 aromatic heterocycles. The van der Waals surface area contributed by atoms with E-state index in [0.29, 0.717) is 6.54 Å². The molecular weight excluding hydrogens is 308 g/mol. The summed E-state index contributed by atoms with van der Waals surface area (Å²) in [5.74, 6) is -0.443. The van der Waals surface area contributed by atoms with E-state index >= 15 is 0 Å². The summed E-state index contributed by atoms with van der Waals surface area (Å²) in [6, 6.07) is -0.796. The first-order chi connectivity index (χ1) is 11.2. The van der Waals surface area contributed by atoms with Gasteiger partial charge in [-0.25, -0.2) is 4.79 Å². The molecule has 0 bridgehead atoms. The minimum atomic E-state index is -1.10. The molecule has 0 aromatic carbocycles. The van der Waals surface area contributed by atoms with Crippen LogP contribution in [0.4, 0.5) is 4.79 Å². The molecular formula is C17H32N4O3. The van der Waals surface area contributed by atoms with Crippen molar-refractivity contribution < 1.29 is 14.4 Å². The molecule has 0 aliphatic carbocycles. The van der Waals surface area contributed by atoms with Crippen LogP contribution in [0.1, 0.15) is 60.3 Å². The van der Waals surface area contributed by atoms with Gasteiger partial charge < -0.3 is 20.9 Å². The standard InChI is InChI=1S/C17H32N4O3/c1-6-10-18-16(24)20-17(4,5)15(23)19-13(3)14(22)21-11-8-7-9-12(21)2/h12-13H,6-11H2,1-5H3,(H,19,23)(H2,18,20,24)/t12-,13-/m1/s1. The lowest BCUT2D eigenvalue weighted by atomic mass is 10.0. The van der Waals surface area contributed by atoms with Crippen LogP contribution in [0.3, 0.4) is 0 Å². The predicted molar refractivity (Wildman–Crippen MR) is 93.5 cm³/mol. The summed E-state index contributed by atoms with van der Waals surface area (Å²) in [6.45, 7) is 10.2. The predicted octanol–water partition coefficient (Wildman–Crippen LogP) is 1.38. The molecule has 1 saturated heterocycles. The zero-order valence-electron chi connectivity index (χ0n) is 15.6. The summed E-state index contributed by atoms with van der Waals surface area (Å²) in [5, 5.41) is 8.03. The summed E-state index contributed by atoms with van der Waals surface area (Å²) >= 11 is 0. The smallest absolute Gasteiger partial charge is 0.315 e. The maximum absolute atomic E-state index is 12.5. The number of hydrogen-bond acceptors (Lipinski definition) is 3. The summed E-state index contributed by atoms with van der Waals surface area (Å²) in [5.41, 5.74) is -1.10. The first-order valence-corrected chi connectivity index (χ1v) is 8.86. The number of nitrogens with zero attached hydrogens (tertiary/aromatic N) is 1. The molecule has 0 unspecified atom stereocenters. The second-order valence-electron chi connectivity index (χ2n) is 7.08. The van der Waals surface area contributed by atoms with Crippen molar-refractivity contribution in [2.75, 3.05) is 13.1 Å². The van der Waals surface area contributed by atoms with Gasteiger partial charge in [-0.2, -0.15) is 0 Å². The van der Waals surface area contributed by atoms with Crippen LogP contribution in [-0.2, 0) is 9.59 Å². The van der Waals surface area contributed by atoms with Gasteiger partial charge in [-0.15, -0.1) is 0 Å². The fourth-order valence-corrected chi connectivity index (χ4v) is 2.74. The van der Waals surface area contributed by atoms with E-state index in [-0.39, 0.29) is 23.9 Å². The topological polar surface area (TPSA) is 90.5 Å². The minimum absolute atomic E-state index is 0.0678. The molecule has 0 saturated carbocycles. The van der Waals surface area contributed by atoms with Crippen molar-refractivity contribution in [3.8, 4) is 0 Å². The van der Waals surface area contributed by atoms with E-state index in [0.717, 1.165) is 32.2 Å². The molecule has 0 aromatic rings. The summed E-state index contributed by atoms with van der Waals surface area (Å²) < 4.78 is 0. The average Bonchev–Trinajstić information content (AvgIpc) is 2.52. The fourth-order valence-electron chi connectivity index (χ4n) is 2.74. The van der Waals surface area contributed by atoms with E-state index < -0.39 is 11.6 Å². The molecule has 0 radical (unpaired) electrons. The number of carbonyl (C=O) groups excluding carboxylic acids is 3. The molecule has 4 amide bonds. The molecule has 24 heavy (non-hydrogen) atoms. The molecule has 1 aliphatic heterocycles. The third-order valence-corrected chi connectivity index (χ3v) is 4.33. The van der Waals surface area contributed by atoms with E-state index in [2.05, 4.69) is 16.0 Å². The monoisotopic (exact) mass is 340 g/mol. The highest BCUT2D eigenvalue weighted by atomic mass is 16.2. The van der Waals surface area contributed by atoms with Crippen LogP contribution in [0.25, 0.3) is 0 Å². The maximum atomic E-state index is 12.5. The molecule has 1 fully saturated rings. The fraction of sp³-hybridized carbons (Fsp3) is 0.824. The maximum Gasteiger partial charge on any atom is 0.315 e. The van der Waals surface area contributed by atoms with Crippen LogP contribution in [0.2, 0.25) is 0 Å². The molecule has 2 atom stereocenters. The van der Waals surface area contributed by atoms with Gasteiger partial charge >= 0.3 is 6.03 Å². The minimum Gasteiger partial charge on any atom is -0.343 e. The second kappa shape index (κ2) is 8.89. The van der Waals surface area contributed by atoms with E-state index in [9.17, 15) is 14.4 Å². The number of piperidine rings is 1. The molecule has 3 N–H and O–H groups in total. The van der Waals surface area contributed by atoms with Gasteiger partial charge in [0, 0.05) is 19.1 Å². The number of likely N-dealkylation sites (tertiary alicyclic amines) is 1. The molecule has 1 rings (SSSR count). The van der Waals surface area contributed by atoms with E-state index in [4.69, 9.17) is 0 Å². The second-order valence-corrected chi connectivity index (χ2v) is 7.08. The number of hydrogen-bond donors (Lipinski definition) is 3. The highest BCUT2D eigenvalue weighted by molar-refractivity contribution is 5.94. The van der Waals surface area contributed by atoms with Gasteiger partial charge in [-0.3, -0.25) is 9.59 Å². The summed E-state index contributed by atoms with van der Waals surface area (Å²) in [6.07, 6.45) is 3.95. The van der Waals surface area contributed by atoms with Gasteiger partial charge in [0.1, 0.15) is 11.6 Å². The Bertz CT molecular complexity index is 465. The van der Waals surface area contributed by atoms with Crippen molar-refractivity contribution in [1.29, 1.82) is 0 Å². The Hall–Kier alpha value is -1.79. The van der Waals surface area contributed by atoms with Crippen molar-refractivity contribution in [2.45, 2.75) is 77.9 Å². The largest absolute Gasteiger partial charge is 0.343 e.